The molecule has 32 heavy (non-hydrogen) atoms. The number of likely N-dealkylation sites (tertiary alicyclic amines) is 1. The number of carbonyl (C=O) groups excluding carboxylic acids is 1. The van der Waals surface area contributed by atoms with Gasteiger partial charge >= 0.3 is 0 Å². The van der Waals surface area contributed by atoms with E-state index in [-0.39, 0.29) is 5.91 Å². The molecule has 164 valence electrons. The summed E-state index contributed by atoms with van der Waals surface area (Å²) in [6.07, 6.45) is 0. The van der Waals surface area contributed by atoms with Gasteiger partial charge in [0.2, 0.25) is 0 Å². The van der Waals surface area contributed by atoms with Crippen LogP contribution in [0.15, 0.2) is 84.9 Å². The van der Waals surface area contributed by atoms with Gasteiger partial charge in [0.05, 0.1) is 0 Å². The number of piperidine rings is 1. The quantitative estimate of drug-likeness (QED) is 0.605. The third-order valence-electron chi connectivity index (χ3n) is 7.18. The molecule has 1 saturated carbocycles. The van der Waals surface area contributed by atoms with Gasteiger partial charge < -0.3 is 10.4 Å². The number of aryl methyl sites for hydroxylation is 1. The van der Waals surface area contributed by atoms with E-state index in [1.165, 1.54) is 5.56 Å². The maximum absolute atomic E-state index is 13.3. The molecule has 1 aliphatic heterocycles. The first kappa shape index (κ1) is 20.9. The monoisotopic (exact) mass is 426 g/mol. The Bertz CT molecular complexity index is 1060. The van der Waals surface area contributed by atoms with Gasteiger partial charge in [0.15, 0.2) is 5.60 Å². The second-order valence-corrected chi connectivity index (χ2v) is 9.32. The van der Waals surface area contributed by atoms with Crippen molar-refractivity contribution in [2.45, 2.75) is 19.1 Å². The Labute approximate surface area is 189 Å². The second-order valence-electron chi connectivity index (χ2n) is 9.32. The third-order valence-corrected chi connectivity index (χ3v) is 7.18. The number of nitrogens with zero attached hydrogens (tertiary/aromatic N) is 1. The number of hydrogen-bond donors (Lipinski definition) is 2. The van der Waals surface area contributed by atoms with E-state index in [2.05, 4.69) is 40.5 Å². The molecule has 3 atom stereocenters. The number of fused-ring (bicyclic) bond motifs is 1. The van der Waals surface area contributed by atoms with Crippen LogP contribution in [0.4, 0.5) is 0 Å². The highest BCUT2D eigenvalue weighted by Crippen LogP contribution is 2.51. The Morgan fingerprint density at radius 1 is 0.906 bits per heavy atom. The van der Waals surface area contributed by atoms with Crippen LogP contribution in [0.25, 0.3) is 0 Å². The largest absolute Gasteiger partial charge is 0.372 e. The fraction of sp³-hybridized carbons (Fsp3) is 0.321. The van der Waals surface area contributed by atoms with Gasteiger partial charge in [0.25, 0.3) is 5.91 Å². The lowest BCUT2D eigenvalue weighted by molar-refractivity contribution is -0.136. The molecule has 4 nitrogen and oxygen atoms in total. The molecule has 1 aliphatic carbocycles. The highest BCUT2D eigenvalue weighted by Gasteiger charge is 2.55. The van der Waals surface area contributed by atoms with Crippen LogP contribution in [0.3, 0.4) is 0 Å². The van der Waals surface area contributed by atoms with Crippen molar-refractivity contribution >= 4 is 5.91 Å². The van der Waals surface area contributed by atoms with Crippen molar-refractivity contribution in [1.29, 1.82) is 0 Å². The van der Waals surface area contributed by atoms with Crippen molar-refractivity contribution in [2.24, 2.45) is 17.8 Å². The summed E-state index contributed by atoms with van der Waals surface area (Å²) in [5.41, 5.74) is 1.93. The zero-order chi connectivity index (χ0) is 22.1. The number of aliphatic hydroxyl groups is 1. The summed E-state index contributed by atoms with van der Waals surface area (Å²) in [6, 6.07) is 27.4. The molecule has 0 bridgehead atoms. The van der Waals surface area contributed by atoms with Crippen LogP contribution in [0.1, 0.15) is 22.3 Å². The Morgan fingerprint density at radius 3 is 2.09 bits per heavy atom. The van der Waals surface area contributed by atoms with Crippen molar-refractivity contribution in [3.8, 4) is 0 Å². The molecule has 2 N–H and O–H groups in total. The number of amides is 1. The number of rotatable bonds is 7. The summed E-state index contributed by atoms with van der Waals surface area (Å²) in [5, 5.41) is 14.7. The molecule has 3 unspecified atom stereocenters. The van der Waals surface area contributed by atoms with E-state index in [0.29, 0.717) is 35.4 Å². The van der Waals surface area contributed by atoms with E-state index in [0.717, 1.165) is 25.2 Å². The fourth-order valence-corrected chi connectivity index (χ4v) is 5.25. The molecule has 2 fully saturated rings. The summed E-state index contributed by atoms with van der Waals surface area (Å²) in [6.45, 7) is 5.78. The van der Waals surface area contributed by atoms with Crippen LogP contribution >= 0.6 is 0 Å². The van der Waals surface area contributed by atoms with Gasteiger partial charge in [-0.3, -0.25) is 9.69 Å². The van der Waals surface area contributed by atoms with Crippen LogP contribution in [-0.4, -0.2) is 35.5 Å². The van der Waals surface area contributed by atoms with Crippen molar-refractivity contribution in [3.05, 3.63) is 107 Å². The lowest BCUT2D eigenvalue weighted by Crippen LogP contribution is -2.46. The summed E-state index contributed by atoms with van der Waals surface area (Å²) < 4.78 is 0. The topological polar surface area (TPSA) is 52.6 Å². The van der Waals surface area contributed by atoms with E-state index in [1.54, 1.807) is 0 Å². The molecule has 0 spiro atoms. The zero-order valence-electron chi connectivity index (χ0n) is 18.4. The highest BCUT2D eigenvalue weighted by molar-refractivity contribution is 5.90. The summed E-state index contributed by atoms with van der Waals surface area (Å²) >= 11 is 0. The van der Waals surface area contributed by atoms with Crippen LogP contribution in [-0.2, 0) is 16.9 Å². The van der Waals surface area contributed by atoms with Crippen LogP contribution in [0.5, 0.6) is 0 Å². The maximum Gasteiger partial charge on any atom is 0.261 e. The molecule has 1 heterocycles. The Hall–Kier alpha value is -2.95. The number of hydrogen-bond acceptors (Lipinski definition) is 3. The van der Waals surface area contributed by atoms with Crippen molar-refractivity contribution < 1.29 is 9.90 Å². The standard InChI is InChI=1S/C28H30N2O2/c1-20-12-14-23(15-13-20)28(32,22-10-6-3-7-11-22)27(31)29-16-24-25-18-30(19-26(24)25)17-21-8-4-2-5-9-21/h2-15,24-26,32H,16-19H2,1H3,(H,29,31). The first-order chi connectivity index (χ1) is 15.6. The smallest absolute Gasteiger partial charge is 0.261 e. The number of carbonyl (C=O) groups is 1. The van der Waals surface area contributed by atoms with E-state index in [9.17, 15) is 9.90 Å². The Balaban J connectivity index is 1.23. The highest BCUT2D eigenvalue weighted by atomic mass is 16.3. The predicted octanol–water partition coefficient (Wildman–Crippen LogP) is 3.73. The molecule has 3 aromatic rings. The average Bonchev–Trinajstić information content (AvgIpc) is 3.28. The van der Waals surface area contributed by atoms with Crippen molar-refractivity contribution in [3.63, 3.8) is 0 Å². The maximum atomic E-state index is 13.3. The number of benzene rings is 3. The average molecular weight is 427 g/mol. The SMILES string of the molecule is Cc1ccc(C(O)(C(=O)NCC2C3CN(Cc4ccccc4)CC23)c2ccccc2)cc1. The first-order valence-electron chi connectivity index (χ1n) is 11.5. The van der Waals surface area contributed by atoms with E-state index >= 15 is 0 Å². The third kappa shape index (κ3) is 3.96. The zero-order valence-corrected chi connectivity index (χ0v) is 18.4. The molecule has 0 aromatic heterocycles. The van der Waals surface area contributed by atoms with Crippen LogP contribution in [0.2, 0.25) is 0 Å². The lowest BCUT2D eigenvalue weighted by Gasteiger charge is -2.28. The van der Waals surface area contributed by atoms with Crippen molar-refractivity contribution in [1.82, 2.24) is 10.2 Å². The molecular formula is C28H30N2O2. The fourth-order valence-electron chi connectivity index (χ4n) is 5.25. The molecule has 2 aliphatic rings. The van der Waals surface area contributed by atoms with E-state index < -0.39 is 5.60 Å². The second kappa shape index (κ2) is 8.53. The molecule has 4 heteroatoms. The Morgan fingerprint density at radius 2 is 1.47 bits per heavy atom. The van der Waals surface area contributed by atoms with Gasteiger partial charge in [0.1, 0.15) is 0 Å². The summed E-state index contributed by atoms with van der Waals surface area (Å²) in [5.74, 6) is 1.44. The lowest BCUT2D eigenvalue weighted by atomic mass is 9.85. The van der Waals surface area contributed by atoms with Crippen LogP contribution in [0, 0.1) is 24.7 Å². The van der Waals surface area contributed by atoms with Gasteiger partial charge in [-0.1, -0.05) is 90.5 Å². The predicted molar refractivity (Wildman–Crippen MR) is 126 cm³/mol. The van der Waals surface area contributed by atoms with Gasteiger partial charge in [-0.25, -0.2) is 0 Å². The van der Waals surface area contributed by atoms with E-state index in [4.69, 9.17) is 0 Å². The van der Waals surface area contributed by atoms with Gasteiger partial charge in [-0.2, -0.15) is 0 Å². The Kier molecular flexibility index (Phi) is 5.58. The van der Waals surface area contributed by atoms with Gasteiger partial charge in [-0.15, -0.1) is 0 Å². The van der Waals surface area contributed by atoms with Gasteiger partial charge in [-0.05, 0) is 41.4 Å². The minimum atomic E-state index is -1.70. The molecule has 5 rings (SSSR count). The minimum absolute atomic E-state index is 0.348. The molecule has 3 aromatic carbocycles. The minimum Gasteiger partial charge on any atom is -0.372 e. The summed E-state index contributed by atoms with van der Waals surface area (Å²) in [4.78, 5) is 15.8. The van der Waals surface area contributed by atoms with Gasteiger partial charge in [0, 0.05) is 26.2 Å². The first-order valence-corrected chi connectivity index (χ1v) is 11.5. The molecule has 1 amide bonds. The molecular weight excluding hydrogens is 396 g/mol. The summed E-state index contributed by atoms with van der Waals surface area (Å²) in [7, 11) is 0. The van der Waals surface area contributed by atoms with E-state index in [1.807, 2.05) is 61.5 Å². The van der Waals surface area contributed by atoms with Crippen molar-refractivity contribution in [2.75, 3.05) is 19.6 Å². The molecule has 0 radical (unpaired) electrons. The van der Waals surface area contributed by atoms with Crippen LogP contribution < -0.4 is 5.32 Å². The molecule has 1 saturated heterocycles. The number of nitrogens with one attached hydrogen (secondary N) is 1. The normalized spacial score (nSPS) is 23.9.